The number of carbonyl (C=O) groups is 1. The van der Waals surface area contributed by atoms with Crippen LogP contribution in [-0.2, 0) is 10.3 Å². The van der Waals surface area contributed by atoms with Crippen molar-refractivity contribution in [2.24, 2.45) is 0 Å². The van der Waals surface area contributed by atoms with Crippen LogP contribution in [0.5, 0.6) is 0 Å². The quantitative estimate of drug-likeness (QED) is 0.755. The Bertz CT molecular complexity index is 349. The molecule has 1 aliphatic rings. The molecule has 70 valence electrons. The summed E-state index contributed by atoms with van der Waals surface area (Å²) in [4.78, 5) is 10.8. The lowest BCUT2D eigenvalue weighted by atomic mass is 10.1. The normalized spacial score (nSPS) is 27.1. The van der Waals surface area contributed by atoms with Gasteiger partial charge in [-0.3, -0.25) is 0 Å². The molecular weight excluding hydrogens is 194 g/mol. The summed E-state index contributed by atoms with van der Waals surface area (Å²) in [7, 11) is 0. The fourth-order valence-corrected chi connectivity index (χ4v) is 1.40. The third kappa shape index (κ3) is 1.37. The van der Waals surface area contributed by atoms with Crippen LogP contribution in [0, 0.1) is 0 Å². The average Bonchev–Trinajstić information content (AvgIpc) is 2.60. The molecule has 2 rings (SSSR count). The zero-order valence-electron chi connectivity index (χ0n) is 6.96. The van der Waals surface area contributed by atoms with E-state index in [0.717, 1.165) is 0 Å². The van der Waals surface area contributed by atoms with Crippen LogP contribution >= 0.6 is 11.6 Å². The number of nitrogens with one attached hydrogen (secondary N) is 1. The van der Waals surface area contributed by atoms with Gasteiger partial charge in [0.2, 0.25) is 0 Å². The Labute approximate surface area is 79.8 Å². The van der Waals surface area contributed by atoms with Crippen LogP contribution in [0.1, 0.15) is 12.7 Å². The lowest BCUT2D eigenvalue weighted by Gasteiger charge is -2.17. The minimum absolute atomic E-state index is 0.291. The van der Waals surface area contributed by atoms with Crippen molar-refractivity contribution in [3.8, 4) is 0 Å². The van der Waals surface area contributed by atoms with E-state index < -0.39 is 11.7 Å². The fraction of sp³-hybridized carbons (Fsp3) is 0.375. The number of hydrogen-bond acceptors (Lipinski definition) is 3. The van der Waals surface area contributed by atoms with E-state index in [4.69, 9.17) is 20.8 Å². The van der Waals surface area contributed by atoms with Crippen LogP contribution in [0.3, 0.4) is 0 Å². The number of furan rings is 1. The number of hydrogen-bond donors (Lipinski definition) is 1. The van der Waals surface area contributed by atoms with E-state index in [0.29, 0.717) is 17.5 Å². The van der Waals surface area contributed by atoms with Gasteiger partial charge >= 0.3 is 6.09 Å². The highest BCUT2D eigenvalue weighted by Crippen LogP contribution is 2.30. The number of carbonyl (C=O) groups excluding carboxylic acids is 1. The monoisotopic (exact) mass is 201 g/mol. The van der Waals surface area contributed by atoms with Gasteiger partial charge < -0.3 is 14.5 Å². The molecule has 5 heteroatoms. The first-order valence-corrected chi connectivity index (χ1v) is 4.21. The summed E-state index contributed by atoms with van der Waals surface area (Å²) in [6, 6.07) is 3.32. The van der Waals surface area contributed by atoms with Crippen LogP contribution in [-0.4, -0.2) is 12.6 Å². The molecule has 1 amide bonds. The molecule has 1 unspecified atom stereocenters. The number of ether oxygens (including phenoxy) is 1. The first-order valence-electron chi connectivity index (χ1n) is 3.83. The number of halogens is 1. The van der Waals surface area contributed by atoms with Gasteiger partial charge in [-0.25, -0.2) is 4.79 Å². The Balaban J connectivity index is 2.30. The molecule has 1 atom stereocenters. The van der Waals surface area contributed by atoms with Crippen LogP contribution in [0.25, 0.3) is 0 Å². The molecule has 1 aliphatic heterocycles. The molecule has 1 fully saturated rings. The van der Waals surface area contributed by atoms with Gasteiger partial charge in [0.05, 0.1) is 6.54 Å². The largest absolute Gasteiger partial charge is 0.445 e. The molecular formula is C8H8ClNO3. The maximum absolute atomic E-state index is 10.8. The summed E-state index contributed by atoms with van der Waals surface area (Å²) < 4.78 is 10.2. The van der Waals surface area contributed by atoms with Crippen molar-refractivity contribution >= 4 is 17.7 Å². The molecule has 13 heavy (non-hydrogen) atoms. The van der Waals surface area contributed by atoms with E-state index in [-0.39, 0.29) is 0 Å². The molecule has 1 aromatic heterocycles. The van der Waals surface area contributed by atoms with Crippen molar-refractivity contribution in [2.75, 3.05) is 6.54 Å². The standard InChI is InChI=1S/C8H8ClNO3/c1-8(4-10-7(11)13-8)5-2-3-6(9)12-5/h2-3H,4H2,1H3,(H,10,11). The number of alkyl carbamates (subject to hydrolysis) is 1. The van der Waals surface area contributed by atoms with Gasteiger partial charge in [-0.1, -0.05) is 0 Å². The topological polar surface area (TPSA) is 51.5 Å². The van der Waals surface area contributed by atoms with E-state index in [1.165, 1.54) is 0 Å². The van der Waals surface area contributed by atoms with Crippen molar-refractivity contribution in [1.82, 2.24) is 5.32 Å². The van der Waals surface area contributed by atoms with Gasteiger partial charge in [0.1, 0.15) is 0 Å². The smallest absolute Gasteiger partial charge is 0.408 e. The Morgan fingerprint density at radius 1 is 1.62 bits per heavy atom. The van der Waals surface area contributed by atoms with Gasteiger partial charge in [-0.05, 0) is 30.7 Å². The number of cyclic esters (lactones) is 1. The molecule has 2 heterocycles. The van der Waals surface area contributed by atoms with Crippen LogP contribution in [0.4, 0.5) is 4.79 Å². The number of rotatable bonds is 1. The minimum Gasteiger partial charge on any atom is -0.445 e. The van der Waals surface area contributed by atoms with Crippen molar-refractivity contribution in [3.63, 3.8) is 0 Å². The molecule has 1 saturated heterocycles. The zero-order valence-corrected chi connectivity index (χ0v) is 7.72. The van der Waals surface area contributed by atoms with E-state index >= 15 is 0 Å². The maximum Gasteiger partial charge on any atom is 0.408 e. The van der Waals surface area contributed by atoms with Crippen molar-refractivity contribution < 1.29 is 13.9 Å². The first-order chi connectivity index (χ1) is 6.10. The minimum atomic E-state index is -0.732. The summed E-state index contributed by atoms with van der Waals surface area (Å²) in [6.45, 7) is 2.16. The Kier molecular flexibility index (Phi) is 1.73. The third-order valence-corrected chi connectivity index (χ3v) is 2.19. The molecule has 0 saturated carbocycles. The SMILES string of the molecule is CC1(c2ccc(Cl)o2)CNC(=O)O1. The lowest BCUT2D eigenvalue weighted by Crippen LogP contribution is -2.25. The molecule has 1 N–H and O–H groups in total. The van der Waals surface area contributed by atoms with Crippen LogP contribution < -0.4 is 5.32 Å². The molecule has 0 aliphatic carbocycles. The second-order valence-electron chi connectivity index (χ2n) is 3.08. The van der Waals surface area contributed by atoms with Crippen molar-refractivity contribution in [2.45, 2.75) is 12.5 Å². The Hall–Kier alpha value is -1.16. The summed E-state index contributed by atoms with van der Waals surface area (Å²) in [5.41, 5.74) is -0.732. The summed E-state index contributed by atoms with van der Waals surface area (Å²) in [5, 5.41) is 2.84. The molecule has 0 spiro atoms. The van der Waals surface area contributed by atoms with Gasteiger partial charge in [0.15, 0.2) is 16.6 Å². The van der Waals surface area contributed by atoms with E-state index in [1.54, 1.807) is 19.1 Å². The molecule has 1 aromatic rings. The third-order valence-electron chi connectivity index (χ3n) is 1.98. The number of amides is 1. The summed E-state index contributed by atoms with van der Waals surface area (Å²) in [6.07, 6.45) is -0.435. The molecule has 0 aromatic carbocycles. The molecule has 0 radical (unpaired) electrons. The Morgan fingerprint density at radius 2 is 2.38 bits per heavy atom. The zero-order chi connectivity index (χ0) is 9.47. The van der Waals surface area contributed by atoms with E-state index in [9.17, 15) is 4.79 Å². The van der Waals surface area contributed by atoms with Crippen molar-refractivity contribution in [1.29, 1.82) is 0 Å². The van der Waals surface area contributed by atoms with Gasteiger partial charge in [0, 0.05) is 0 Å². The van der Waals surface area contributed by atoms with Gasteiger partial charge in [-0.15, -0.1) is 0 Å². The van der Waals surface area contributed by atoms with Crippen molar-refractivity contribution in [3.05, 3.63) is 23.1 Å². The second kappa shape index (κ2) is 2.67. The molecule has 0 bridgehead atoms. The Morgan fingerprint density at radius 3 is 2.85 bits per heavy atom. The maximum atomic E-state index is 10.8. The second-order valence-corrected chi connectivity index (χ2v) is 3.45. The predicted octanol–water partition coefficient (Wildman–Crippen LogP) is 1.89. The lowest BCUT2D eigenvalue weighted by molar-refractivity contribution is 0.0521. The highest BCUT2D eigenvalue weighted by atomic mass is 35.5. The van der Waals surface area contributed by atoms with E-state index in [1.807, 2.05) is 0 Å². The summed E-state index contributed by atoms with van der Waals surface area (Å²) in [5.74, 6) is 0.552. The highest BCUT2D eigenvalue weighted by Gasteiger charge is 2.40. The van der Waals surface area contributed by atoms with Crippen LogP contribution in [0.2, 0.25) is 5.22 Å². The average molecular weight is 202 g/mol. The molecule has 4 nitrogen and oxygen atoms in total. The van der Waals surface area contributed by atoms with Crippen LogP contribution in [0.15, 0.2) is 16.5 Å². The first kappa shape index (κ1) is 8.44. The fourth-order valence-electron chi connectivity index (χ4n) is 1.25. The van der Waals surface area contributed by atoms with E-state index in [2.05, 4.69) is 5.32 Å². The van der Waals surface area contributed by atoms with Gasteiger partial charge in [0.25, 0.3) is 0 Å². The van der Waals surface area contributed by atoms with Gasteiger partial charge in [-0.2, -0.15) is 0 Å². The predicted molar refractivity (Wildman–Crippen MR) is 45.6 cm³/mol. The highest BCUT2D eigenvalue weighted by molar-refractivity contribution is 6.28. The summed E-state index contributed by atoms with van der Waals surface area (Å²) >= 11 is 5.61.